The molecule has 0 aliphatic rings. The molecule has 0 heterocycles. The minimum absolute atomic E-state index is 0.183. The zero-order chi connectivity index (χ0) is 9.84. The summed E-state index contributed by atoms with van der Waals surface area (Å²) in [6, 6.07) is 5.77. The highest BCUT2D eigenvalue weighted by Crippen LogP contribution is 2.24. The molecule has 0 aromatic heterocycles. The molecule has 0 aliphatic heterocycles. The molecule has 0 unspecified atom stereocenters. The second kappa shape index (κ2) is 4.35. The van der Waals surface area contributed by atoms with Crippen LogP contribution >= 0.6 is 15.9 Å². The molecule has 68 valence electrons. The van der Waals surface area contributed by atoms with Gasteiger partial charge in [0.25, 0.3) is 0 Å². The van der Waals surface area contributed by atoms with E-state index in [0.29, 0.717) is 5.56 Å². The molecule has 0 saturated carbocycles. The van der Waals surface area contributed by atoms with Gasteiger partial charge in [0.1, 0.15) is 5.82 Å². The van der Waals surface area contributed by atoms with Crippen LogP contribution in [0.15, 0.2) is 22.7 Å². The maximum Gasteiger partial charge on any atom is 0.123 e. The van der Waals surface area contributed by atoms with Crippen molar-refractivity contribution in [1.29, 1.82) is 5.26 Å². The maximum absolute atomic E-state index is 12.8. The number of nitriles is 1. The van der Waals surface area contributed by atoms with Crippen molar-refractivity contribution in [1.82, 2.24) is 0 Å². The molecule has 1 atom stereocenters. The molecule has 13 heavy (non-hydrogen) atoms. The molecule has 4 heteroatoms. The van der Waals surface area contributed by atoms with E-state index in [4.69, 9.17) is 11.0 Å². The van der Waals surface area contributed by atoms with Crippen molar-refractivity contribution >= 4 is 15.9 Å². The van der Waals surface area contributed by atoms with E-state index in [2.05, 4.69) is 15.9 Å². The summed E-state index contributed by atoms with van der Waals surface area (Å²) >= 11 is 3.24. The SMILES string of the molecule is N#CC[C@@H](N)c1cc(F)ccc1Br. The van der Waals surface area contributed by atoms with Crippen LogP contribution < -0.4 is 5.73 Å². The molecule has 1 aromatic rings. The first-order valence-electron chi connectivity index (χ1n) is 3.72. The lowest BCUT2D eigenvalue weighted by Gasteiger charge is -2.09. The van der Waals surface area contributed by atoms with Crippen LogP contribution in [0.2, 0.25) is 0 Å². The third-order valence-corrected chi connectivity index (χ3v) is 2.39. The van der Waals surface area contributed by atoms with E-state index >= 15 is 0 Å². The van der Waals surface area contributed by atoms with Crippen LogP contribution in [0.4, 0.5) is 4.39 Å². The topological polar surface area (TPSA) is 49.8 Å². The molecule has 0 amide bonds. The van der Waals surface area contributed by atoms with E-state index in [0.717, 1.165) is 4.47 Å². The van der Waals surface area contributed by atoms with Crippen LogP contribution in [-0.2, 0) is 0 Å². The van der Waals surface area contributed by atoms with E-state index < -0.39 is 6.04 Å². The van der Waals surface area contributed by atoms with Crippen LogP contribution in [0.5, 0.6) is 0 Å². The summed E-state index contributed by atoms with van der Waals surface area (Å²) < 4.78 is 13.5. The largest absolute Gasteiger partial charge is 0.323 e. The fourth-order valence-electron chi connectivity index (χ4n) is 1.01. The Morgan fingerprint density at radius 3 is 2.92 bits per heavy atom. The Kier molecular flexibility index (Phi) is 3.40. The maximum atomic E-state index is 12.8. The molecule has 0 saturated heterocycles. The number of hydrogen-bond donors (Lipinski definition) is 1. The summed E-state index contributed by atoms with van der Waals surface area (Å²) in [6.45, 7) is 0. The Hall–Kier alpha value is -0.920. The molecule has 2 N–H and O–H groups in total. The average molecular weight is 243 g/mol. The van der Waals surface area contributed by atoms with Gasteiger partial charge in [0, 0.05) is 10.5 Å². The van der Waals surface area contributed by atoms with Gasteiger partial charge < -0.3 is 5.73 Å². The average Bonchev–Trinajstić information content (AvgIpc) is 2.09. The monoisotopic (exact) mass is 242 g/mol. The molecule has 1 aromatic carbocycles. The van der Waals surface area contributed by atoms with Gasteiger partial charge in [-0.3, -0.25) is 0 Å². The predicted octanol–water partition coefficient (Wildman–Crippen LogP) is 2.50. The van der Waals surface area contributed by atoms with E-state index in [9.17, 15) is 4.39 Å². The lowest BCUT2D eigenvalue weighted by atomic mass is 10.1. The summed E-state index contributed by atoms with van der Waals surface area (Å²) in [7, 11) is 0. The number of hydrogen-bond acceptors (Lipinski definition) is 2. The third kappa shape index (κ3) is 2.51. The Labute approximate surface area is 84.3 Å². The number of nitrogens with zero attached hydrogens (tertiary/aromatic N) is 1. The van der Waals surface area contributed by atoms with Crippen LogP contribution in [-0.4, -0.2) is 0 Å². The summed E-state index contributed by atoms with van der Waals surface area (Å²) in [5, 5.41) is 8.42. The first-order valence-corrected chi connectivity index (χ1v) is 4.52. The van der Waals surface area contributed by atoms with Crippen molar-refractivity contribution in [2.45, 2.75) is 12.5 Å². The standard InChI is InChI=1S/C9H8BrFN2/c10-8-2-1-6(11)5-7(8)9(13)3-4-12/h1-2,5,9H,3,13H2/t9-/m1/s1. The minimum atomic E-state index is -0.435. The Morgan fingerprint density at radius 2 is 2.31 bits per heavy atom. The highest BCUT2D eigenvalue weighted by Gasteiger charge is 2.09. The van der Waals surface area contributed by atoms with Gasteiger partial charge in [-0.15, -0.1) is 0 Å². The molecule has 0 spiro atoms. The third-order valence-electron chi connectivity index (χ3n) is 1.67. The first-order chi connectivity index (χ1) is 6.15. The molecular weight excluding hydrogens is 235 g/mol. The van der Waals surface area contributed by atoms with Crippen LogP contribution in [0.1, 0.15) is 18.0 Å². The molecule has 0 radical (unpaired) electrons. The lowest BCUT2D eigenvalue weighted by molar-refractivity contribution is 0.619. The summed E-state index contributed by atoms with van der Waals surface area (Å²) in [6.07, 6.45) is 0.183. The van der Waals surface area contributed by atoms with E-state index in [-0.39, 0.29) is 12.2 Å². The van der Waals surface area contributed by atoms with Crippen molar-refractivity contribution in [3.63, 3.8) is 0 Å². The second-order valence-electron chi connectivity index (χ2n) is 2.63. The van der Waals surface area contributed by atoms with Crippen molar-refractivity contribution in [2.24, 2.45) is 5.73 Å². The zero-order valence-electron chi connectivity index (χ0n) is 6.80. The van der Waals surface area contributed by atoms with Gasteiger partial charge in [-0.05, 0) is 23.8 Å². The van der Waals surface area contributed by atoms with Crippen LogP contribution in [0.25, 0.3) is 0 Å². The van der Waals surface area contributed by atoms with Gasteiger partial charge >= 0.3 is 0 Å². The molecule has 0 fully saturated rings. The molecule has 0 aliphatic carbocycles. The number of rotatable bonds is 2. The summed E-state index contributed by atoms with van der Waals surface area (Å²) in [5.41, 5.74) is 6.28. The molecule has 1 rings (SSSR count). The Morgan fingerprint density at radius 1 is 1.62 bits per heavy atom. The normalized spacial score (nSPS) is 12.2. The van der Waals surface area contributed by atoms with Gasteiger partial charge in [0.05, 0.1) is 12.5 Å². The van der Waals surface area contributed by atoms with Crippen LogP contribution in [0.3, 0.4) is 0 Å². The van der Waals surface area contributed by atoms with Gasteiger partial charge in [0.15, 0.2) is 0 Å². The van der Waals surface area contributed by atoms with Crippen LogP contribution in [0, 0.1) is 17.1 Å². The molecule has 0 bridgehead atoms. The van der Waals surface area contributed by atoms with E-state index in [1.165, 1.54) is 12.1 Å². The Balaban J connectivity index is 3.00. The Bertz CT molecular complexity index is 346. The quantitative estimate of drug-likeness (QED) is 0.867. The number of benzene rings is 1. The minimum Gasteiger partial charge on any atom is -0.323 e. The van der Waals surface area contributed by atoms with Crippen molar-refractivity contribution in [3.05, 3.63) is 34.1 Å². The van der Waals surface area contributed by atoms with E-state index in [1.54, 1.807) is 6.07 Å². The van der Waals surface area contributed by atoms with E-state index in [1.807, 2.05) is 6.07 Å². The van der Waals surface area contributed by atoms with Gasteiger partial charge in [0.2, 0.25) is 0 Å². The highest BCUT2D eigenvalue weighted by molar-refractivity contribution is 9.10. The van der Waals surface area contributed by atoms with Gasteiger partial charge in [-0.2, -0.15) is 5.26 Å². The van der Waals surface area contributed by atoms with Crippen molar-refractivity contribution in [2.75, 3.05) is 0 Å². The fraction of sp³-hybridized carbons (Fsp3) is 0.222. The van der Waals surface area contributed by atoms with Crippen molar-refractivity contribution in [3.8, 4) is 6.07 Å². The summed E-state index contributed by atoms with van der Waals surface area (Å²) in [4.78, 5) is 0. The number of nitrogens with two attached hydrogens (primary N) is 1. The predicted molar refractivity (Wildman–Crippen MR) is 51.3 cm³/mol. The summed E-state index contributed by atoms with van der Waals surface area (Å²) in [5.74, 6) is -0.341. The first kappa shape index (κ1) is 10.2. The van der Waals surface area contributed by atoms with Gasteiger partial charge in [-0.1, -0.05) is 15.9 Å². The molecule has 2 nitrogen and oxygen atoms in total. The fourth-order valence-corrected chi connectivity index (χ4v) is 1.55. The van der Waals surface area contributed by atoms with Crippen molar-refractivity contribution < 1.29 is 4.39 Å². The molecular formula is C9H8BrFN2. The number of halogens is 2. The van der Waals surface area contributed by atoms with Gasteiger partial charge in [-0.25, -0.2) is 4.39 Å². The zero-order valence-corrected chi connectivity index (χ0v) is 8.38. The lowest BCUT2D eigenvalue weighted by Crippen LogP contribution is -2.10. The smallest absolute Gasteiger partial charge is 0.123 e. The highest BCUT2D eigenvalue weighted by atomic mass is 79.9. The second-order valence-corrected chi connectivity index (χ2v) is 3.49.